The van der Waals surface area contributed by atoms with E-state index in [9.17, 15) is 9.18 Å². The van der Waals surface area contributed by atoms with E-state index in [1.54, 1.807) is 30.1 Å². The molecule has 0 spiro atoms. The summed E-state index contributed by atoms with van der Waals surface area (Å²) in [6.45, 7) is 5.66. The van der Waals surface area contributed by atoms with Crippen LogP contribution in [-0.4, -0.2) is 41.9 Å². The van der Waals surface area contributed by atoms with Crippen molar-refractivity contribution in [3.63, 3.8) is 0 Å². The van der Waals surface area contributed by atoms with E-state index >= 15 is 0 Å². The predicted molar refractivity (Wildman–Crippen MR) is 108 cm³/mol. The summed E-state index contributed by atoms with van der Waals surface area (Å²) in [7, 11) is 0. The number of thioether (sulfide) groups is 1. The number of rotatable bonds is 3. The summed E-state index contributed by atoms with van der Waals surface area (Å²) in [5.41, 5.74) is 1.36. The molecule has 3 heterocycles. The number of halogens is 1. The van der Waals surface area contributed by atoms with E-state index in [2.05, 4.69) is 15.2 Å². The van der Waals surface area contributed by atoms with Crippen LogP contribution < -0.4 is 10.2 Å². The van der Waals surface area contributed by atoms with Gasteiger partial charge in [-0.3, -0.25) is 4.79 Å². The number of hydrogen-bond donors (Lipinski definition) is 1. The van der Waals surface area contributed by atoms with Crippen LogP contribution in [0.5, 0.6) is 0 Å². The van der Waals surface area contributed by atoms with Crippen molar-refractivity contribution in [3.8, 4) is 0 Å². The molecule has 1 aromatic heterocycles. The van der Waals surface area contributed by atoms with Gasteiger partial charge in [-0.1, -0.05) is 0 Å². The Morgan fingerprint density at radius 2 is 2.04 bits per heavy atom. The number of aromatic nitrogens is 1. The highest BCUT2D eigenvalue weighted by Gasteiger charge is 2.25. The zero-order chi connectivity index (χ0) is 19.7. The second-order valence-corrected chi connectivity index (χ2v) is 8.55. The lowest BCUT2D eigenvalue weighted by Gasteiger charge is -2.36. The maximum atomic E-state index is 13.7. The normalized spacial score (nSPS) is 24.5. The summed E-state index contributed by atoms with van der Waals surface area (Å²) >= 11 is 1.70. The Labute approximate surface area is 168 Å². The molecule has 0 aliphatic carbocycles. The average Bonchev–Trinajstić information content (AvgIpc) is 2.68. The van der Waals surface area contributed by atoms with Gasteiger partial charge >= 0.3 is 0 Å². The molecule has 5 nitrogen and oxygen atoms in total. The molecule has 1 amide bonds. The molecule has 2 aliphatic rings. The molecule has 2 aromatic rings. The topological polar surface area (TPSA) is 54.5 Å². The van der Waals surface area contributed by atoms with E-state index in [1.165, 1.54) is 12.1 Å². The Kier molecular flexibility index (Phi) is 5.55. The molecule has 28 heavy (non-hydrogen) atoms. The van der Waals surface area contributed by atoms with Gasteiger partial charge in [-0.05, 0) is 56.2 Å². The first-order valence-electron chi connectivity index (χ1n) is 9.59. The van der Waals surface area contributed by atoms with Gasteiger partial charge in [-0.25, -0.2) is 9.37 Å². The van der Waals surface area contributed by atoms with Crippen LogP contribution in [-0.2, 0) is 4.74 Å². The van der Waals surface area contributed by atoms with E-state index in [0.717, 1.165) is 41.5 Å². The molecular weight excluding hydrogens is 377 g/mol. The second kappa shape index (κ2) is 8.09. The van der Waals surface area contributed by atoms with Crippen molar-refractivity contribution in [1.29, 1.82) is 0 Å². The van der Waals surface area contributed by atoms with Crippen LogP contribution in [0.3, 0.4) is 0 Å². The Balaban J connectivity index is 1.46. The van der Waals surface area contributed by atoms with Crippen LogP contribution in [0, 0.1) is 5.82 Å². The van der Waals surface area contributed by atoms with Crippen molar-refractivity contribution >= 4 is 23.5 Å². The lowest BCUT2D eigenvalue weighted by Crippen LogP contribution is -2.45. The Bertz CT molecular complexity index is 851. The minimum absolute atomic E-state index is 0.151. The maximum Gasteiger partial charge on any atom is 0.253 e. The third-order valence-corrected chi connectivity index (χ3v) is 6.19. The third kappa shape index (κ3) is 4.15. The van der Waals surface area contributed by atoms with Gasteiger partial charge in [-0.2, -0.15) is 0 Å². The van der Waals surface area contributed by atoms with Gasteiger partial charge in [0.05, 0.1) is 23.8 Å². The fourth-order valence-corrected chi connectivity index (χ4v) is 4.93. The number of benzene rings is 1. The molecule has 0 bridgehead atoms. The lowest BCUT2D eigenvalue weighted by molar-refractivity contribution is -0.00546. The van der Waals surface area contributed by atoms with Crippen molar-refractivity contribution in [1.82, 2.24) is 10.3 Å². The van der Waals surface area contributed by atoms with E-state index in [-0.39, 0.29) is 30.0 Å². The minimum atomic E-state index is -0.277. The first-order chi connectivity index (χ1) is 13.5. The number of carbonyl (C=O) groups excluding carboxylic acids is 1. The van der Waals surface area contributed by atoms with Crippen molar-refractivity contribution in [2.45, 2.75) is 43.4 Å². The zero-order valence-corrected chi connectivity index (χ0v) is 16.8. The standard InChI is InChI=1S/C21H24FN3O2S/c1-13-11-25(12-14(2)27-13)20-6-3-15(10-23-20)21(26)24-18-7-8-28-19-5-4-16(22)9-17(18)19/h3-6,9-10,13-14,18H,7-8,11-12H2,1-2H3,(H,24,26)/t13-,14-,18-/m1/s1. The molecule has 3 atom stereocenters. The first-order valence-corrected chi connectivity index (χ1v) is 10.6. The monoisotopic (exact) mass is 401 g/mol. The molecule has 148 valence electrons. The van der Waals surface area contributed by atoms with Crippen LogP contribution >= 0.6 is 11.8 Å². The fraction of sp³-hybridized carbons (Fsp3) is 0.429. The number of amides is 1. The van der Waals surface area contributed by atoms with Gasteiger partial charge in [0, 0.05) is 29.9 Å². The van der Waals surface area contributed by atoms with Gasteiger partial charge in [-0.15, -0.1) is 11.8 Å². The van der Waals surface area contributed by atoms with E-state index in [1.807, 2.05) is 19.9 Å². The van der Waals surface area contributed by atoms with E-state index < -0.39 is 0 Å². The summed E-state index contributed by atoms with van der Waals surface area (Å²) in [6, 6.07) is 8.27. The molecule has 1 fully saturated rings. The molecule has 7 heteroatoms. The van der Waals surface area contributed by atoms with Crippen molar-refractivity contribution in [3.05, 3.63) is 53.5 Å². The van der Waals surface area contributed by atoms with Crippen LogP contribution in [0.1, 0.15) is 42.2 Å². The SMILES string of the molecule is C[C@@H]1CN(c2ccc(C(=O)N[C@@H]3CCSc4ccc(F)cc43)cn2)C[C@@H](C)O1. The maximum absolute atomic E-state index is 13.7. The van der Waals surface area contributed by atoms with Crippen LogP contribution in [0.15, 0.2) is 41.4 Å². The fourth-order valence-electron chi connectivity index (χ4n) is 3.83. The molecule has 1 N–H and O–H groups in total. The first kappa shape index (κ1) is 19.2. The van der Waals surface area contributed by atoms with Gasteiger partial charge in [0.25, 0.3) is 5.91 Å². The molecule has 2 aliphatic heterocycles. The summed E-state index contributed by atoms with van der Waals surface area (Å²) in [4.78, 5) is 20.4. The van der Waals surface area contributed by atoms with Crippen LogP contribution in [0.2, 0.25) is 0 Å². The molecule has 4 rings (SSSR count). The van der Waals surface area contributed by atoms with Gasteiger partial charge in [0.15, 0.2) is 0 Å². The highest BCUT2D eigenvalue weighted by Crippen LogP contribution is 2.36. The van der Waals surface area contributed by atoms with Gasteiger partial charge in [0.1, 0.15) is 11.6 Å². The predicted octanol–water partition coefficient (Wildman–Crippen LogP) is 3.80. The highest BCUT2D eigenvalue weighted by atomic mass is 32.2. The van der Waals surface area contributed by atoms with Crippen LogP contribution in [0.25, 0.3) is 0 Å². The minimum Gasteiger partial charge on any atom is -0.372 e. The molecular formula is C21H24FN3O2S. The lowest BCUT2D eigenvalue weighted by atomic mass is 10.0. The third-order valence-electron chi connectivity index (χ3n) is 5.07. The number of anilines is 1. The average molecular weight is 402 g/mol. The van der Waals surface area contributed by atoms with E-state index in [0.29, 0.717) is 5.56 Å². The van der Waals surface area contributed by atoms with E-state index in [4.69, 9.17) is 4.74 Å². The summed E-state index contributed by atoms with van der Waals surface area (Å²) in [6.07, 6.45) is 2.69. The quantitative estimate of drug-likeness (QED) is 0.848. The van der Waals surface area contributed by atoms with Crippen molar-refractivity contribution in [2.75, 3.05) is 23.7 Å². The summed E-state index contributed by atoms with van der Waals surface area (Å²) in [5, 5.41) is 3.04. The number of fused-ring (bicyclic) bond motifs is 1. The Morgan fingerprint density at radius 1 is 1.25 bits per heavy atom. The van der Waals surface area contributed by atoms with Gasteiger partial charge in [0.2, 0.25) is 0 Å². The molecule has 0 saturated carbocycles. The molecule has 1 aromatic carbocycles. The number of hydrogen-bond acceptors (Lipinski definition) is 5. The Morgan fingerprint density at radius 3 is 2.75 bits per heavy atom. The number of carbonyl (C=O) groups is 1. The smallest absolute Gasteiger partial charge is 0.253 e. The largest absolute Gasteiger partial charge is 0.372 e. The van der Waals surface area contributed by atoms with Crippen molar-refractivity contribution in [2.24, 2.45) is 0 Å². The zero-order valence-electron chi connectivity index (χ0n) is 16.0. The summed E-state index contributed by atoms with van der Waals surface area (Å²) in [5.74, 6) is 1.28. The summed E-state index contributed by atoms with van der Waals surface area (Å²) < 4.78 is 19.4. The number of ether oxygens (including phenoxy) is 1. The van der Waals surface area contributed by atoms with Gasteiger partial charge < -0.3 is 15.0 Å². The Hall–Kier alpha value is -2.12. The number of pyridine rings is 1. The molecule has 0 unspecified atom stereocenters. The number of morpholine rings is 1. The number of nitrogens with zero attached hydrogens (tertiary/aromatic N) is 2. The molecule has 0 radical (unpaired) electrons. The van der Waals surface area contributed by atoms with Crippen LogP contribution in [0.4, 0.5) is 10.2 Å². The second-order valence-electron chi connectivity index (χ2n) is 7.41. The molecule has 1 saturated heterocycles. The highest BCUT2D eigenvalue weighted by molar-refractivity contribution is 7.99. The number of nitrogens with one attached hydrogen (secondary N) is 1. The van der Waals surface area contributed by atoms with Crippen molar-refractivity contribution < 1.29 is 13.9 Å².